The van der Waals surface area contributed by atoms with Crippen LogP contribution in [0.15, 0.2) is 97.2 Å². The number of fused-ring (bicyclic) bond motifs is 1. The number of benzene rings is 3. The highest BCUT2D eigenvalue weighted by Gasteiger charge is 2.15. The Balaban J connectivity index is 1.74. The zero-order valence-electron chi connectivity index (χ0n) is 16.0. The maximum Gasteiger partial charge on any atom is 0.118 e. The Labute approximate surface area is 169 Å². The smallest absolute Gasteiger partial charge is 0.118 e. The number of ether oxygens (including phenoxy) is 1. The molecule has 0 aliphatic heterocycles. The van der Waals surface area contributed by atoms with Crippen molar-refractivity contribution < 1.29 is 4.74 Å². The van der Waals surface area contributed by atoms with Gasteiger partial charge in [0.25, 0.3) is 0 Å². The lowest BCUT2D eigenvalue weighted by atomic mass is 10.1. The molecule has 0 radical (unpaired) electrons. The first-order chi connectivity index (χ1) is 14.3. The SMILES string of the molecule is COc1ccc(-c2cc(-c3ccccc3)n(-c3cccc4cccnc34)n2)cc1. The summed E-state index contributed by atoms with van der Waals surface area (Å²) in [7, 11) is 1.67. The molecule has 140 valence electrons. The van der Waals surface area contributed by atoms with Crippen LogP contribution in [-0.4, -0.2) is 21.9 Å². The van der Waals surface area contributed by atoms with E-state index in [9.17, 15) is 0 Å². The molecule has 0 aliphatic carbocycles. The summed E-state index contributed by atoms with van der Waals surface area (Å²) in [5.74, 6) is 0.828. The number of aromatic nitrogens is 3. The minimum absolute atomic E-state index is 0.828. The maximum absolute atomic E-state index is 5.29. The third-order valence-corrected chi connectivity index (χ3v) is 5.00. The van der Waals surface area contributed by atoms with Crippen LogP contribution in [0.3, 0.4) is 0 Å². The molecule has 29 heavy (non-hydrogen) atoms. The number of rotatable bonds is 4. The number of methoxy groups -OCH3 is 1. The number of para-hydroxylation sites is 1. The van der Waals surface area contributed by atoms with E-state index in [0.717, 1.165) is 44.9 Å². The predicted molar refractivity (Wildman–Crippen MR) is 116 cm³/mol. The van der Waals surface area contributed by atoms with Crippen molar-refractivity contribution >= 4 is 10.9 Å². The van der Waals surface area contributed by atoms with E-state index in [1.807, 2.05) is 65.5 Å². The van der Waals surface area contributed by atoms with E-state index in [1.54, 1.807) is 7.11 Å². The fourth-order valence-electron chi connectivity index (χ4n) is 3.54. The molecular formula is C25H19N3O. The number of hydrogen-bond donors (Lipinski definition) is 0. The van der Waals surface area contributed by atoms with Crippen LogP contribution in [0.1, 0.15) is 0 Å². The molecule has 0 N–H and O–H groups in total. The summed E-state index contributed by atoms with van der Waals surface area (Å²) >= 11 is 0. The largest absolute Gasteiger partial charge is 0.497 e. The molecular weight excluding hydrogens is 358 g/mol. The molecule has 0 bridgehead atoms. The first kappa shape index (κ1) is 17.2. The zero-order chi connectivity index (χ0) is 19.6. The monoisotopic (exact) mass is 377 g/mol. The van der Waals surface area contributed by atoms with E-state index in [4.69, 9.17) is 9.84 Å². The van der Waals surface area contributed by atoms with Gasteiger partial charge < -0.3 is 4.74 Å². The zero-order valence-corrected chi connectivity index (χ0v) is 16.0. The molecule has 0 saturated carbocycles. The second-order valence-corrected chi connectivity index (χ2v) is 6.77. The van der Waals surface area contributed by atoms with Gasteiger partial charge in [-0.25, -0.2) is 4.68 Å². The van der Waals surface area contributed by atoms with Crippen molar-refractivity contribution in [3.05, 3.63) is 97.2 Å². The Hall–Kier alpha value is -3.92. The third kappa shape index (κ3) is 3.15. The van der Waals surface area contributed by atoms with Gasteiger partial charge in [0.2, 0.25) is 0 Å². The standard InChI is InChI=1S/C25H19N3O/c1-29-21-14-12-18(13-15-21)22-17-24(19-7-3-2-4-8-19)28(27-22)23-11-5-9-20-10-6-16-26-25(20)23/h2-17H,1H3. The summed E-state index contributed by atoms with van der Waals surface area (Å²) in [5, 5.41) is 6.06. The summed E-state index contributed by atoms with van der Waals surface area (Å²) in [5.41, 5.74) is 5.95. The van der Waals surface area contributed by atoms with Crippen molar-refractivity contribution in [2.75, 3.05) is 7.11 Å². The third-order valence-electron chi connectivity index (χ3n) is 5.00. The highest BCUT2D eigenvalue weighted by atomic mass is 16.5. The highest BCUT2D eigenvalue weighted by Crippen LogP contribution is 2.31. The summed E-state index contributed by atoms with van der Waals surface area (Å²) < 4.78 is 7.28. The second-order valence-electron chi connectivity index (χ2n) is 6.77. The number of pyridine rings is 1. The van der Waals surface area contributed by atoms with Crippen LogP contribution in [0.5, 0.6) is 5.75 Å². The van der Waals surface area contributed by atoms with Gasteiger partial charge in [0, 0.05) is 22.7 Å². The first-order valence-electron chi connectivity index (χ1n) is 9.47. The van der Waals surface area contributed by atoms with Gasteiger partial charge in [-0.05, 0) is 42.5 Å². The van der Waals surface area contributed by atoms with Gasteiger partial charge in [-0.15, -0.1) is 0 Å². The van der Waals surface area contributed by atoms with E-state index in [1.165, 1.54) is 0 Å². The molecule has 4 heteroatoms. The van der Waals surface area contributed by atoms with Crippen molar-refractivity contribution in [2.45, 2.75) is 0 Å². The topological polar surface area (TPSA) is 39.9 Å². The lowest BCUT2D eigenvalue weighted by molar-refractivity contribution is 0.415. The summed E-state index contributed by atoms with van der Waals surface area (Å²) in [6, 6.07) is 30.6. The minimum Gasteiger partial charge on any atom is -0.497 e. The molecule has 2 aromatic heterocycles. The summed E-state index contributed by atoms with van der Waals surface area (Å²) in [6.07, 6.45) is 1.82. The summed E-state index contributed by atoms with van der Waals surface area (Å²) in [4.78, 5) is 4.62. The van der Waals surface area contributed by atoms with E-state index in [2.05, 4.69) is 41.4 Å². The Bertz CT molecular complexity index is 1270. The number of nitrogens with zero attached hydrogens (tertiary/aromatic N) is 3. The van der Waals surface area contributed by atoms with Gasteiger partial charge in [-0.3, -0.25) is 4.98 Å². The van der Waals surface area contributed by atoms with Crippen molar-refractivity contribution in [1.82, 2.24) is 14.8 Å². The van der Waals surface area contributed by atoms with Crippen LogP contribution in [0, 0.1) is 0 Å². The molecule has 5 rings (SSSR count). The van der Waals surface area contributed by atoms with Crippen LogP contribution in [0.2, 0.25) is 0 Å². The molecule has 3 aromatic carbocycles. The van der Waals surface area contributed by atoms with Gasteiger partial charge in [0.15, 0.2) is 0 Å². The maximum atomic E-state index is 5.29. The van der Waals surface area contributed by atoms with E-state index >= 15 is 0 Å². The van der Waals surface area contributed by atoms with E-state index in [-0.39, 0.29) is 0 Å². The van der Waals surface area contributed by atoms with Crippen LogP contribution in [-0.2, 0) is 0 Å². The van der Waals surface area contributed by atoms with Crippen molar-refractivity contribution in [3.63, 3.8) is 0 Å². The van der Waals surface area contributed by atoms with Gasteiger partial charge in [0.1, 0.15) is 5.75 Å². The van der Waals surface area contributed by atoms with E-state index in [0.29, 0.717) is 0 Å². The molecule has 0 atom stereocenters. The van der Waals surface area contributed by atoms with Crippen LogP contribution >= 0.6 is 0 Å². The van der Waals surface area contributed by atoms with Gasteiger partial charge in [0.05, 0.1) is 29.7 Å². The second kappa shape index (κ2) is 7.24. The van der Waals surface area contributed by atoms with Crippen LogP contribution < -0.4 is 4.74 Å². The molecule has 0 fully saturated rings. The van der Waals surface area contributed by atoms with E-state index < -0.39 is 0 Å². The fourth-order valence-corrected chi connectivity index (χ4v) is 3.54. The molecule has 2 heterocycles. The Kier molecular flexibility index (Phi) is 4.30. The Morgan fingerprint density at radius 3 is 2.34 bits per heavy atom. The van der Waals surface area contributed by atoms with Gasteiger partial charge >= 0.3 is 0 Å². The molecule has 0 saturated heterocycles. The Morgan fingerprint density at radius 2 is 1.55 bits per heavy atom. The average Bonchev–Trinajstić information content (AvgIpc) is 3.24. The summed E-state index contributed by atoms with van der Waals surface area (Å²) in [6.45, 7) is 0. The lowest BCUT2D eigenvalue weighted by Gasteiger charge is -2.10. The molecule has 0 amide bonds. The minimum atomic E-state index is 0.828. The molecule has 0 aliphatic rings. The fraction of sp³-hybridized carbons (Fsp3) is 0.0400. The first-order valence-corrected chi connectivity index (χ1v) is 9.47. The van der Waals surface area contributed by atoms with Crippen molar-refractivity contribution in [2.24, 2.45) is 0 Å². The average molecular weight is 377 g/mol. The van der Waals surface area contributed by atoms with Crippen molar-refractivity contribution in [1.29, 1.82) is 0 Å². The lowest BCUT2D eigenvalue weighted by Crippen LogP contribution is -2.01. The van der Waals surface area contributed by atoms with Gasteiger partial charge in [-0.1, -0.05) is 48.5 Å². The highest BCUT2D eigenvalue weighted by molar-refractivity contribution is 5.87. The predicted octanol–water partition coefficient (Wildman–Crippen LogP) is 5.76. The molecule has 0 spiro atoms. The quantitative estimate of drug-likeness (QED) is 0.400. The normalized spacial score (nSPS) is 10.9. The molecule has 0 unspecified atom stereocenters. The van der Waals surface area contributed by atoms with Gasteiger partial charge in [-0.2, -0.15) is 5.10 Å². The number of hydrogen-bond acceptors (Lipinski definition) is 3. The molecule has 5 aromatic rings. The molecule has 4 nitrogen and oxygen atoms in total. The van der Waals surface area contributed by atoms with Crippen molar-refractivity contribution in [3.8, 4) is 34.0 Å². The van der Waals surface area contributed by atoms with Crippen LogP contribution in [0.4, 0.5) is 0 Å². The van der Waals surface area contributed by atoms with Crippen LogP contribution in [0.25, 0.3) is 39.1 Å². The Morgan fingerprint density at radius 1 is 0.759 bits per heavy atom.